The first-order chi connectivity index (χ1) is 15.8. The third kappa shape index (κ3) is 5.82. The fourth-order valence-corrected chi connectivity index (χ4v) is 3.77. The Morgan fingerprint density at radius 1 is 1.21 bits per heavy atom. The number of hydrogen-bond donors (Lipinski definition) is 3. The standard InChI is InChI=1S/C11H15ClN4O.C10H7Cl2N3O/c1-14-5-7(13)11-15-8-3-6(12)10(17-2)4-9(8)16-11;1-6-13-5-15(14-6)7-2-9(11)8(4-16)10(12)3-7/h3-4,7,14H,5,13H2,1-2H3,(H,15,16);2-5H,1H3. The number of hydrogen-bond acceptors (Lipinski definition) is 7. The summed E-state index contributed by atoms with van der Waals surface area (Å²) in [5.74, 6) is 1.99. The monoisotopic (exact) mass is 509 g/mol. The van der Waals surface area contributed by atoms with Crippen LogP contribution in [-0.4, -0.2) is 51.7 Å². The molecular formula is C21H22Cl3N7O2. The van der Waals surface area contributed by atoms with Crippen LogP contribution in [0.1, 0.15) is 28.0 Å². The van der Waals surface area contributed by atoms with Crippen molar-refractivity contribution in [3.05, 3.63) is 62.9 Å². The average molecular weight is 511 g/mol. The average Bonchev–Trinajstić information content (AvgIpc) is 3.39. The molecule has 0 bridgehead atoms. The van der Waals surface area contributed by atoms with Crippen LogP contribution in [0.4, 0.5) is 0 Å². The van der Waals surface area contributed by atoms with Crippen LogP contribution in [0.3, 0.4) is 0 Å². The zero-order valence-electron chi connectivity index (χ0n) is 18.1. The molecule has 1 unspecified atom stereocenters. The molecule has 0 saturated carbocycles. The number of halogens is 3. The Morgan fingerprint density at radius 3 is 2.45 bits per heavy atom. The lowest BCUT2D eigenvalue weighted by atomic mass is 10.2. The van der Waals surface area contributed by atoms with Gasteiger partial charge in [-0.1, -0.05) is 34.8 Å². The number of aryl methyl sites for hydroxylation is 1. The maximum Gasteiger partial charge on any atom is 0.153 e. The first kappa shape index (κ1) is 24.9. The summed E-state index contributed by atoms with van der Waals surface area (Å²) in [4.78, 5) is 22.3. The number of nitrogens with zero attached hydrogens (tertiary/aromatic N) is 4. The molecule has 0 aliphatic carbocycles. The number of nitrogens with two attached hydrogens (primary N) is 1. The smallest absolute Gasteiger partial charge is 0.153 e. The Hall–Kier alpha value is -2.69. The highest BCUT2D eigenvalue weighted by Crippen LogP contribution is 2.29. The molecule has 2 aromatic heterocycles. The molecule has 12 heteroatoms. The van der Waals surface area contributed by atoms with E-state index < -0.39 is 0 Å². The van der Waals surface area contributed by atoms with Gasteiger partial charge in [0.25, 0.3) is 0 Å². The van der Waals surface area contributed by atoms with Crippen molar-refractivity contribution in [2.45, 2.75) is 13.0 Å². The van der Waals surface area contributed by atoms with Gasteiger partial charge in [0.1, 0.15) is 23.7 Å². The summed E-state index contributed by atoms with van der Waals surface area (Å²) >= 11 is 17.9. The van der Waals surface area contributed by atoms with E-state index in [4.69, 9.17) is 45.3 Å². The predicted octanol–water partition coefficient (Wildman–Crippen LogP) is 4.14. The molecular weight excluding hydrogens is 489 g/mol. The molecule has 2 heterocycles. The van der Waals surface area contributed by atoms with Crippen LogP contribution in [0.15, 0.2) is 30.6 Å². The van der Waals surface area contributed by atoms with Crippen molar-refractivity contribution >= 4 is 52.1 Å². The number of nitrogens with one attached hydrogen (secondary N) is 2. The van der Waals surface area contributed by atoms with E-state index in [1.54, 1.807) is 49.3 Å². The number of ether oxygens (including phenoxy) is 1. The van der Waals surface area contributed by atoms with E-state index >= 15 is 0 Å². The highest BCUT2D eigenvalue weighted by atomic mass is 35.5. The molecule has 33 heavy (non-hydrogen) atoms. The Morgan fingerprint density at radius 2 is 1.91 bits per heavy atom. The molecule has 0 aliphatic rings. The van der Waals surface area contributed by atoms with Gasteiger partial charge in [-0.25, -0.2) is 14.6 Å². The number of aromatic nitrogens is 5. The SMILES string of the molecule is CNCC(N)c1nc2cc(OC)c(Cl)cc2[nH]1.Cc1ncn(-c2cc(Cl)c(C=O)c(Cl)c2)n1. The zero-order valence-corrected chi connectivity index (χ0v) is 20.3. The molecule has 4 N–H and O–H groups in total. The molecule has 0 saturated heterocycles. The van der Waals surface area contributed by atoms with Crippen LogP contribution < -0.4 is 15.8 Å². The lowest BCUT2D eigenvalue weighted by molar-refractivity contribution is 0.112. The number of likely N-dealkylation sites (N-methyl/N-ethyl adjacent to an activating group) is 1. The van der Waals surface area contributed by atoms with Crippen molar-refractivity contribution in [1.29, 1.82) is 0 Å². The summed E-state index contributed by atoms with van der Waals surface area (Å²) in [5, 5.41) is 8.27. The van der Waals surface area contributed by atoms with Gasteiger partial charge in [0.2, 0.25) is 0 Å². The van der Waals surface area contributed by atoms with Crippen molar-refractivity contribution in [1.82, 2.24) is 30.0 Å². The second-order valence-corrected chi connectivity index (χ2v) is 8.19. The molecule has 0 fully saturated rings. The quantitative estimate of drug-likeness (QED) is 0.333. The molecule has 1 atom stereocenters. The van der Waals surface area contributed by atoms with Gasteiger partial charge in [0, 0.05) is 12.6 Å². The Labute approximate surface area is 205 Å². The minimum absolute atomic E-state index is 0.169. The van der Waals surface area contributed by atoms with E-state index in [9.17, 15) is 4.79 Å². The van der Waals surface area contributed by atoms with Gasteiger partial charge < -0.3 is 20.8 Å². The molecule has 0 aliphatic heterocycles. The van der Waals surface area contributed by atoms with Gasteiger partial charge in [0.05, 0.1) is 50.5 Å². The number of rotatable bonds is 6. The Bertz CT molecular complexity index is 1250. The molecule has 0 radical (unpaired) electrons. The second-order valence-electron chi connectivity index (χ2n) is 6.97. The van der Waals surface area contributed by atoms with Crippen molar-refractivity contribution in [3.8, 4) is 11.4 Å². The number of imidazole rings is 1. The predicted molar refractivity (Wildman–Crippen MR) is 130 cm³/mol. The van der Waals surface area contributed by atoms with E-state index in [-0.39, 0.29) is 11.6 Å². The van der Waals surface area contributed by atoms with Crippen LogP contribution in [0, 0.1) is 6.92 Å². The van der Waals surface area contributed by atoms with E-state index in [0.29, 0.717) is 45.2 Å². The fourth-order valence-electron chi connectivity index (χ4n) is 2.97. The molecule has 174 valence electrons. The van der Waals surface area contributed by atoms with Crippen LogP contribution in [0.5, 0.6) is 5.75 Å². The van der Waals surface area contributed by atoms with Crippen molar-refractivity contribution in [2.24, 2.45) is 5.73 Å². The lowest BCUT2D eigenvalue weighted by Crippen LogP contribution is -2.24. The van der Waals surface area contributed by atoms with Crippen molar-refractivity contribution in [2.75, 3.05) is 20.7 Å². The Balaban J connectivity index is 0.000000186. The first-order valence-electron chi connectivity index (χ1n) is 9.73. The van der Waals surface area contributed by atoms with Crippen LogP contribution in [0.25, 0.3) is 16.7 Å². The summed E-state index contributed by atoms with van der Waals surface area (Å²) in [6.45, 7) is 2.43. The third-order valence-corrected chi connectivity index (χ3v) is 5.52. The van der Waals surface area contributed by atoms with E-state index in [0.717, 1.165) is 16.9 Å². The number of carbonyl (C=O) groups excluding carboxylic acids is 1. The van der Waals surface area contributed by atoms with Gasteiger partial charge in [-0.15, -0.1) is 0 Å². The van der Waals surface area contributed by atoms with Crippen LogP contribution >= 0.6 is 34.8 Å². The minimum Gasteiger partial charge on any atom is -0.495 e. The van der Waals surface area contributed by atoms with Gasteiger partial charge >= 0.3 is 0 Å². The number of carbonyl (C=O) groups is 1. The second kappa shape index (κ2) is 11.0. The zero-order chi connectivity index (χ0) is 24.1. The Kier molecular flexibility index (Phi) is 8.28. The summed E-state index contributed by atoms with van der Waals surface area (Å²) in [6, 6.07) is 6.65. The number of aldehydes is 1. The largest absolute Gasteiger partial charge is 0.495 e. The van der Waals surface area contributed by atoms with Gasteiger partial charge in [-0.3, -0.25) is 4.79 Å². The first-order valence-corrected chi connectivity index (χ1v) is 10.9. The van der Waals surface area contributed by atoms with Gasteiger partial charge in [-0.05, 0) is 32.2 Å². The number of H-pyrrole nitrogens is 1. The van der Waals surface area contributed by atoms with Crippen molar-refractivity contribution in [3.63, 3.8) is 0 Å². The van der Waals surface area contributed by atoms with E-state index in [1.165, 1.54) is 0 Å². The molecule has 9 nitrogen and oxygen atoms in total. The number of methoxy groups -OCH3 is 1. The number of aromatic amines is 1. The lowest BCUT2D eigenvalue weighted by Gasteiger charge is -2.06. The van der Waals surface area contributed by atoms with E-state index in [2.05, 4.69) is 25.4 Å². The van der Waals surface area contributed by atoms with Gasteiger partial charge in [0.15, 0.2) is 6.29 Å². The fraction of sp³-hybridized carbons (Fsp3) is 0.238. The maximum atomic E-state index is 10.7. The number of benzene rings is 2. The maximum absolute atomic E-state index is 10.7. The van der Waals surface area contributed by atoms with Crippen LogP contribution in [-0.2, 0) is 0 Å². The van der Waals surface area contributed by atoms with Crippen molar-refractivity contribution < 1.29 is 9.53 Å². The summed E-state index contributed by atoms with van der Waals surface area (Å²) in [7, 11) is 3.43. The molecule has 2 aromatic carbocycles. The number of fused-ring (bicyclic) bond motifs is 1. The highest BCUT2D eigenvalue weighted by Gasteiger charge is 2.13. The highest BCUT2D eigenvalue weighted by molar-refractivity contribution is 6.38. The molecule has 4 rings (SSSR count). The topological polar surface area (TPSA) is 124 Å². The normalized spacial score (nSPS) is 11.7. The summed E-state index contributed by atoms with van der Waals surface area (Å²) in [6.07, 6.45) is 2.18. The van der Waals surface area contributed by atoms with Crippen LogP contribution in [0.2, 0.25) is 15.1 Å². The van der Waals surface area contributed by atoms with E-state index in [1.807, 2.05) is 7.05 Å². The third-order valence-electron chi connectivity index (χ3n) is 4.60. The minimum atomic E-state index is -0.169. The molecule has 0 spiro atoms. The molecule has 4 aromatic rings. The summed E-state index contributed by atoms with van der Waals surface area (Å²) in [5.41, 5.74) is 8.56. The molecule has 0 amide bonds. The summed E-state index contributed by atoms with van der Waals surface area (Å²) < 4.78 is 6.68. The van der Waals surface area contributed by atoms with Gasteiger partial charge in [-0.2, -0.15) is 5.10 Å².